The average Bonchev–Trinajstić information content (AvgIpc) is 1.82. The summed E-state index contributed by atoms with van der Waals surface area (Å²) in [4.78, 5) is 21.3. The SMILES string of the molecule is CC(=O)NC(=O)CC(=N)C(C)(C)O. The van der Waals surface area contributed by atoms with Crippen LogP contribution in [0.1, 0.15) is 27.2 Å². The van der Waals surface area contributed by atoms with Crippen LogP contribution in [0.4, 0.5) is 0 Å². The second-order valence-corrected chi connectivity index (χ2v) is 3.32. The number of hydrogen-bond acceptors (Lipinski definition) is 4. The minimum absolute atomic E-state index is 0.119. The van der Waals surface area contributed by atoms with E-state index in [1.807, 2.05) is 5.32 Å². The van der Waals surface area contributed by atoms with Gasteiger partial charge >= 0.3 is 0 Å². The van der Waals surface area contributed by atoms with E-state index in [9.17, 15) is 14.7 Å². The summed E-state index contributed by atoms with van der Waals surface area (Å²) >= 11 is 0. The van der Waals surface area contributed by atoms with Crippen molar-refractivity contribution in [2.75, 3.05) is 0 Å². The quantitative estimate of drug-likeness (QED) is 0.534. The standard InChI is InChI=1S/C8H14N2O3/c1-5(11)10-7(12)4-6(9)8(2,3)13/h9,13H,4H2,1-3H3,(H,10,11,12). The van der Waals surface area contributed by atoms with Gasteiger partial charge in [0.15, 0.2) is 0 Å². The molecule has 0 radical (unpaired) electrons. The molecule has 0 aliphatic rings. The van der Waals surface area contributed by atoms with Crippen molar-refractivity contribution >= 4 is 17.5 Å². The summed E-state index contributed by atoms with van der Waals surface area (Å²) in [5, 5.41) is 18.6. The van der Waals surface area contributed by atoms with Crippen molar-refractivity contribution in [3.8, 4) is 0 Å². The Morgan fingerprint density at radius 1 is 1.46 bits per heavy atom. The van der Waals surface area contributed by atoms with Gasteiger partial charge in [0.1, 0.15) is 0 Å². The van der Waals surface area contributed by atoms with E-state index in [1.165, 1.54) is 20.8 Å². The molecule has 0 saturated heterocycles. The van der Waals surface area contributed by atoms with E-state index in [0.29, 0.717) is 0 Å². The molecular formula is C8H14N2O3. The van der Waals surface area contributed by atoms with Crippen LogP contribution in [0.15, 0.2) is 0 Å². The molecule has 0 rings (SSSR count). The molecule has 3 N–H and O–H groups in total. The van der Waals surface area contributed by atoms with E-state index in [0.717, 1.165) is 0 Å². The molecule has 5 heteroatoms. The summed E-state index contributed by atoms with van der Waals surface area (Å²) in [6.45, 7) is 4.04. The van der Waals surface area contributed by atoms with Crippen molar-refractivity contribution in [3.63, 3.8) is 0 Å². The van der Waals surface area contributed by atoms with Gasteiger partial charge in [0.2, 0.25) is 11.8 Å². The number of amides is 2. The number of imide groups is 1. The number of carbonyl (C=O) groups excluding carboxylic acids is 2. The lowest BCUT2D eigenvalue weighted by Gasteiger charge is -2.17. The Hall–Kier alpha value is -1.23. The minimum atomic E-state index is -1.31. The molecule has 2 amide bonds. The van der Waals surface area contributed by atoms with Crippen LogP contribution >= 0.6 is 0 Å². The molecule has 74 valence electrons. The number of hydrogen-bond donors (Lipinski definition) is 3. The van der Waals surface area contributed by atoms with Crippen molar-refractivity contribution in [2.45, 2.75) is 32.8 Å². The van der Waals surface area contributed by atoms with Gasteiger partial charge in [-0.05, 0) is 13.8 Å². The predicted octanol–water partition coefficient (Wildman–Crippen LogP) is -0.170. The van der Waals surface area contributed by atoms with Gasteiger partial charge in [0, 0.05) is 12.6 Å². The largest absolute Gasteiger partial charge is 0.385 e. The Labute approximate surface area is 76.6 Å². The van der Waals surface area contributed by atoms with Crippen LogP contribution in [0.2, 0.25) is 0 Å². The van der Waals surface area contributed by atoms with E-state index >= 15 is 0 Å². The van der Waals surface area contributed by atoms with Gasteiger partial charge < -0.3 is 10.5 Å². The molecule has 0 aromatic heterocycles. The molecule has 0 spiro atoms. The maximum absolute atomic E-state index is 10.9. The average molecular weight is 186 g/mol. The highest BCUT2D eigenvalue weighted by atomic mass is 16.3. The summed E-state index contributed by atoms with van der Waals surface area (Å²) in [6, 6.07) is 0. The number of nitrogens with one attached hydrogen (secondary N) is 2. The fraction of sp³-hybridized carbons (Fsp3) is 0.625. The molecule has 0 aliphatic carbocycles. The van der Waals surface area contributed by atoms with Crippen molar-refractivity contribution in [2.24, 2.45) is 0 Å². The zero-order chi connectivity index (χ0) is 10.6. The molecule has 0 aromatic rings. The minimum Gasteiger partial charge on any atom is -0.385 e. The van der Waals surface area contributed by atoms with Gasteiger partial charge in [-0.1, -0.05) is 0 Å². The molecule has 0 aliphatic heterocycles. The van der Waals surface area contributed by atoms with Crippen molar-refractivity contribution in [3.05, 3.63) is 0 Å². The highest BCUT2D eigenvalue weighted by Gasteiger charge is 2.22. The summed E-state index contributed by atoms with van der Waals surface area (Å²) in [6.07, 6.45) is -0.261. The van der Waals surface area contributed by atoms with E-state index in [1.54, 1.807) is 0 Å². The fourth-order valence-electron chi connectivity index (χ4n) is 0.617. The van der Waals surface area contributed by atoms with Crippen LogP contribution in [-0.4, -0.2) is 28.2 Å². The molecule has 13 heavy (non-hydrogen) atoms. The Balaban J connectivity index is 4.08. The third kappa shape index (κ3) is 5.08. The number of carbonyl (C=O) groups is 2. The molecule has 0 saturated carbocycles. The second-order valence-electron chi connectivity index (χ2n) is 3.32. The van der Waals surface area contributed by atoms with Crippen molar-refractivity contribution in [1.82, 2.24) is 5.32 Å². The van der Waals surface area contributed by atoms with E-state index < -0.39 is 17.4 Å². The third-order valence-corrected chi connectivity index (χ3v) is 1.39. The maximum atomic E-state index is 10.9. The number of rotatable bonds is 3. The van der Waals surface area contributed by atoms with Crippen LogP contribution in [0, 0.1) is 5.41 Å². The normalized spacial score (nSPS) is 10.8. The molecular weight excluding hydrogens is 172 g/mol. The van der Waals surface area contributed by atoms with E-state index in [-0.39, 0.29) is 12.1 Å². The Morgan fingerprint density at radius 2 is 1.92 bits per heavy atom. The Bertz CT molecular complexity index is 240. The first-order valence-corrected chi connectivity index (χ1v) is 3.84. The monoisotopic (exact) mass is 186 g/mol. The summed E-state index contributed by atoms with van der Waals surface area (Å²) in [5.41, 5.74) is -1.43. The molecule has 0 fully saturated rings. The van der Waals surface area contributed by atoms with Gasteiger partial charge in [-0.25, -0.2) is 0 Å². The van der Waals surface area contributed by atoms with Crippen LogP contribution < -0.4 is 5.32 Å². The van der Waals surface area contributed by atoms with Crippen LogP contribution in [-0.2, 0) is 9.59 Å². The highest BCUT2D eigenvalue weighted by Crippen LogP contribution is 2.05. The fourth-order valence-corrected chi connectivity index (χ4v) is 0.617. The summed E-state index contributed by atoms with van der Waals surface area (Å²) in [7, 11) is 0. The lowest BCUT2D eigenvalue weighted by molar-refractivity contribution is -0.128. The summed E-state index contributed by atoms with van der Waals surface area (Å²) < 4.78 is 0. The molecule has 0 bridgehead atoms. The van der Waals surface area contributed by atoms with Gasteiger partial charge in [0.05, 0.1) is 12.0 Å². The van der Waals surface area contributed by atoms with Crippen LogP contribution in [0.5, 0.6) is 0 Å². The summed E-state index contributed by atoms with van der Waals surface area (Å²) in [5.74, 6) is -1.03. The Morgan fingerprint density at radius 3 is 2.23 bits per heavy atom. The molecule has 0 atom stereocenters. The molecule has 0 unspecified atom stereocenters. The lowest BCUT2D eigenvalue weighted by atomic mass is 10.00. The van der Waals surface area contributed by atoms with Gasteiger partial charge in [0.25, 0.3) is 0 Å². The Kier molecular flexibility index (Phi) is 3.74. The topological polar surface area (TPSA) is 90.3 Å². The first-order valence-electron chi connectivity index (χ1n) is 3.84. The van der Waals surface area contributed by atoms with Crippen LogP contribution in [0.3, 0.4) is 0 Å². The smallest absolute Gasteiger partial charge is 0.232 e. The van der Waals surface area contributed by atoms with Gasteiger partial charge in [-0.2, -0.15) is 0 Å². The van der Waals surface area contributed by atoms with E-state index in [4.69, 9.17) is 5.41 Å². The molecule has 0 heterocycles. The maximum Gasteiger partial charge on any atom is 0.232 e. The zero-order valence-corrected chi connectivity index (χ0v) is 7.97. The zero-order valence-electron chi connectivity index (χ0n) is 7.97. The molecule has 5 nitrogen and oxygen atoms in total. The van der Waals surface area contributed by atoms with Gasteiger partial charge in [-0.15, -0.1) is 0 Å². The van der Waals surface area contributed by atoms with Crippen molar-refractivity contribution < 1.29 is 14.7 Å². The molecule has 0 aromatic carbocycles. The first kappa shape index (κ1) is 11.8. The lowest BCUT2D eigenvalue weighted by Crippen LogP contribution is -2.37. The second kappa shape index (κ2) is 4.13. The highest BCUT2D eigenvalue weighted by molar-refractivity contribution is 6.07. The van der Waals surface area contributed by atoms with E-state index in [2.05, 4.69) is 0 Å². The van der Waals surface area contributed by atoms with Crippen molar-refractivity contribution in [1.29, 1.82) is 5.41 Å². The van der Waals surface area contributed by atoms with Gasteiger partial charge in [-0.3, -0.25) is 14.9 Å². The van der Waals surface area contributed by atoms with Crippen LogP contribution in [0.25, 0.3) is 0 Å². The number of aliphatic hydroxyl groups is 1. The first-order chi connectivity index (χ1) is 5.73. The predicted molar refractivity (Wildman–Crippen MR) is 47.5 cm³/mol. The third-order valence-electron chi connectivity index (χ3n) is 1.39.